The zero-order valence-electron chi connectivity index (χ0n) is 11.0. The van der Waals surface area contributed by atoms with E-state index >= 15 is 0 Å². The van der Waals surface area contributed by atoms with Crippen LogP contribution in [0.5, 0.6) is 0 Å². The quantitative estimate of drug-likeness (QED) is 0.855. The third kappa shape index (κ3) is 3.57. The first-order valence-corrected chi connectivity index (χ1v) is 6.69. The fourth-order valence-electron chi connectivity index (χ4n) is 2.37. The average Bonchev–Trinajstić information content (AvgIpc) is 2.40. The fraction of sp³-hybridized carbons (Fsp3) is 0.438. The molecule has 1 aromatic carbocycles. The number of alkyl halides is 2. The third-order valence-corrected chi connectivity index (χ3v) is 3.56. The van der Waals surface area contributed by atoms with E-state index < -0.39 is 17.8 Å². The molecular weight excluding hydrogens is 262 g/mol. The standard InChI is InChI=1S/C16H16F2O2/c17-16(18)10-4-2-1-3-5-14(16)11-12-6-8-13(9-7-12)15(19)20/h6-9,14H,1-3,5,11H2,(H,19,20). The molecule has 0 aliphatic heterocycles. The molecule has 1 atom stereocenters. The summed E-state index contributed by atoms with van der Waals surface area (Å²) in [5.74, 6) is -0.159. The zero-order chi connectivity index (χ0) is 14.6. The SMILES string of the molecule is O=C(O)c1ccc(CC2CCCCC#CC2(F)F)cc1. The van der Waals surface area contributed by atoms with Gasteiger partial charge in [0, 0.05) is 12.3 Å². The predicted molar refractivity (Wildman–Crippen MR) is 71.8 cm³/mol. The van der Waals surface area contributed by atoms with Gasteiger partial charge in [0.25, 0.3) is 0 Å². The van der Waals surface area contributed by atoms with Gasteiger partial charge in [-0.2, -0.15) is 8.78 Å². The molecule has 0 fully saturated rings. The molecule has 0 saturated heterocycles. The van der Waals surface area contributed by atoms with Gasteiger partial charge >= 0.3 is 11.9 Å². The second-order valence-electron chi connectivity index (χ2n) is 5.07. The highest BCUT2D eigenvalue weighted by molar-refractivity contribution is 5.87. The van der Waals surface area contributed by atoms with E-state index in [2.05, 4.69) is 11.8 Å². The normalized spacial score (nSPS) is 21.2. The minimum Gasteiger partial charge on any atom is -0.478 e. The lowest BCUT2D eigenvalue weighted by Gasteiger charge is -2.24. The summed E-state index contributed by atoms with van der Waals surface area (Å²) in [6, 6.07) is 6.10. The van der Waals surface area contributed by atoms with Gasteiger partial charge in [0.05, 0.1) is 5.56 Å². The van der Waals surface area contributed by atoms with Crippen molar-refractivity contribution in [3.8, 4) is 11.8 Å². The Morgan fingerprint density at radius 1 is 1.30 bits per heavy atom. The van der Waals surface area contributed by atoms with Gasteiger partial charge in [-0.25, -0.2) is 4.79 Å². The van der Waals surface area contributed by atoms with Crippen molar-refractivity contribution >= 4 is 5.97 Å². The Morgan fingerprint density at radius 2 is 2.00 bits per heavy atom. The number of benzene rings is 1. The number of hydrogen-bond acceptors (Lipinski definition) is 1. The van der Waals surface area contributed by atoms with Crippen LogP contribution in [0.25, 0.3) is 0 Å². The molecule has 2 rings (SSSR count). The molecule has 106 valence electrons. The van der Waals surface area contributed by atoms with Gasteiger partial charge in [-0.15, -0.1) is 0 Å². The van der Waals surface area contributed by atoms with Crippen LogP contribution in [0.3, 0.4) is 0 Å². The summed E-state index contributed by atoms with van der Waals surface area (Å²) >= 11 is 0. The van der Waals surface area contributed by atoms with Gasteiger partial charge in [0.15, 0.2) is 0 Å². The number of carboxylic acid groups (broad SMARTS) is 1. The van der Waals surface area contributed by atoms with Crippen LogP contribution in [0.4, 0.5) is 8.78 Å². The number of carboxylic acids is 1. The lowest BCUT2D eigenvalue weighted by atomic mass is 9.87. The molecule has 1 unspecified atom stereocenters. The van der Waals surface area contributed by atoms with Crippen molar-refractivity contribution < 1.29 is 18.7 Å². The first kappa shape index (κ1) is 14.5. The van der Waals surface area contributed by atoms with E-state index in [1.54, 1.807) is 12.1 Å². The largest absolute Gasteiger partial charge is 0.478 e. The van der Waals surface area contributed by atoms with E-state index in [1.165, 1.54) is 12.1 Å². The highest BCUT2D eigenvalue weighted by Gasteiger charge is 2.37. The van der Waals surface area contributed by atoms with Crippen LogP contribution in [0.2, 0.25) is 0 Å². The highest BCUT2D eigenvalue weighted by Crippen LogP contribution is 2.32. The van der Waals surface area contributed by atoms with Crippen LogP contribution in [-0.2, 0) is 6.42 Å². The zero-order valence-corrected chi connectivity index (χ0v) is 11.0. The third-order valence-electron chi connectivity index (χ3n) is 3.56. The van der Waals surface area contributed by atoms with Crippen molar-refractivity contribution in [3.63, 3.8) is 0 Å². The molecule has 1 aromatic rings. The number of halogens is 2. The van der Waals surface area contributed by atoms with E-state index in [1.807, 2.05) is 0 Å². The first-order valence-electron chi connectivity index (χ1n) is 6.69. The molecule has 1 aliphatic rings. The predicted octanol–water partition coefficient (Wildman–Crippen LogP) is 3.76. The summed E-state index contributed by atoms with van der Waals surface area (Å²) in [5.41, 5.74) is 0.889. The van der Waals surface area contributed by atoms with Crippen LogP contribution in [-0.4, -0.2) is 17.0 Å². The van der Waals surface area contributed by atoms with E-state index in [0.29, 0.717) is 12.8 Å². The second kappa shape index (κ2) is 6.04. The molecule has 0 heterocycles. The number of carbonyl (C=O) groups is 1. The second-order valence-corrected chi connectivity index (χ2v) is 5.07. The van der Waals surface area contributed by atoms with Crippen molar-refractivity contribution in [2.24, 2.45) is 5.92 Å². The summed E-state index contributed by atoms with van der Waals surface area (Å²) in [6.07, 6.45) is 2.82. The minimum absolute atomic E-state index is 0.165. The van der Waals surface area contributed by atoms with Gasteiger partial charge in [0.1, 0.15) is 0 Å². The molecule has 1 aliphatic carbocycles. The van der Waals surface area contributed by atoms with Crippen molar-refractivity contribution in [2.75, 3.05) is 0 Å². The van der Waals surface area contributed by atoms with Crippen LogP contribution in [0.15, 0.2) is 24.3 Å². The van der Waals surface area contributed by atoms with Crippen molar-refractivity contribution in [3.05, 3.63) is 35.4 Å². The monoisotopic (exact) mass is 278 g/mol. The average molecular weight is 278 g/mol. The number of aromatic carboxylic acids is 1. The van der Waals surface area contributed by atoms with Gasteiger partial charge in [-0.05, 0) is 42.9 Å². The lowest BCUT2D eigenvalue weighted by Crippen LogP contribution is -2.29. The van der Waals surface area contributed by atoms with Crippen molar-refractivity contribution in [2.45, 2.75) is 38.0 Å². The fourth-order valence-corrected chi connectivity index (χ4v) is 2.37. The Morgan fingerprint density at radius 3 is 2.65 bits per heavy atom. The Balaban J connectivity index is 2.13. The smallest absolute Gasteiger partial charge is 0.335 e. The molecule has 0 amide bonds. The minimum atomic E-state index is -2.97. The van der Waals surface area contributed by atoms with E-state index in [-0.39, 0.29) is 12.0 Å². The van der Waals surface area contributed by atoms with Gasteiger partial charge in [-0.1, -0.05) is 24.5 Å². The summed E-state index contributed by atoms with van der Waals surface area (Å²) in [6.45, 7) is 0. The first-order chi connectivity index (χ1) is 9.49. The molecule has 4 heteroatoms. The molecule has 0 spiro atoms. The number of hydrogen-bond donors (Lipinski definition) is 1. The van der Waals surface area contributed by atoms with Crippen molar-refractivity contribution in [1.82, 2.24) is 0 Å². The summed E-state index contributed by atoms with van der Waals surface area (Å²) in [5, 5.41) is 8.81. The maximum absolute atomic E-state index is 13.9. The van der Waals surface area contributed by atoms with Gasteiger partial charge < -0.3 is 5.11 Å². The van der Waals surface area contributed by atoms with Crippen LogP contribution >= 0.6 is 0 Å². The molecule has 0 bridgehead atoms. The summed E-state index contributed by atoms with van der Waals surface area (Å²) in [7, 11) is 0. The summed E-state index contributed by atoms with van der Waals surface area (Å²) in [4.78, 5) is 10.8. The highest BCUT2D eigenvalue weighted by atomic mass is 19.3. The lowest BCUT2D eigenvalue weighted by molar-refractivity contribution is -0.00443. The van der Waals surface area contributed by atoms with E-state index in [9.17, 15) is 13.6 Å². The van der Waals surface area contributed by atoms with Crippen LogP contribution < -0.4 is 0 Å². The Kier molecular flexibility index (Phi) is 4.39. The Labute approximate surface area is 116 Å². The molecule has 20 heavy (non-hydrogen) atoms. The molecule has 0 aromatic heterocycles. The molecule has 0 saturated carbocycles. The maximum atomic E-state index is 13.9. The van der Waals surface area contributed by atoms with Crippen molar-refractivity contribution in [1.29, 1.82) is 0 Å². The van der Waals surface area contributed by atoms with Gasteiger partial charge in [0.2, 0.25) is 0 Å². The molecule has 0 radical (unpaired) electrons. The topological polar surface area (TPSA) is 37.3 Å². The summed E-state index contributed by atoms with van der Waals surface area (Å²) < 4.78 is 27.9. The Bertz CT molecular complexity index is 538. The molecule has 2 nitrogen and oxygen atoms in total. The van der Waals surface area contributed by atoms with E-state index in [4.69, 9.17) is 5.11 Å². The number of rotatable bonds is 3. The van der Waals surface area contributed by atoms with Crippen LogP contribution in [0.1, 0.15) is 41.6 Å². The molecule has 1 N–H and O–H groups in total. The maximum Gasteiger partial charge on any atom is 0.335 e. The van der Waals surface area contributed by atoms with Gasteiger partial charge in [-0.3, -0.25) is 0 Å². The Hall–Kier alpha value is -1.89. The van der Waals surface area contributed by atoms with Crippen LogP contribution in [0, 0.1) is 17.8 Å². The van der Waals surface area contributed by atoms with E-state index in [0.717, 1.165) is 18.4 Å². The molecular formula is C16H16F2O2.